The number of aromatic nitrogens is 1. The molecule has 0 amide bonds. The molecule has 0 bridgehead atoms. The fourth-order valence-corrected chi connectivity index (χ4v) is 3.10. The summed E-state index contributed by atoms with van der Waals surface area (Å²) in [7, 11) is 0. The largest absolute Gasteiger partial charge is 0.455 e. The summed E-state index contributed by atoms with van der Waals surface area (Å²) >= 11 is 5.97. The summed E-state index contributed by atoms with van der Waals surface area (Å²) in [5.74, 6) is 1.27. The summed E-state index contributed by atoms with van der Waals surface area (Å²) in [6.45, 7) is 0.210. The van der Waals surface area contributed by atoms with E-state index in [0.717, 1.165) is 16.7 Å². The van der Waals surface area contributed by atoms with Crippen molar-refractivity contribution in [2.75, 3.05) is 0 Å². The van der Waals surface area contributed by atoms with Crippen LogP contribution in [0, 0.1) is 0 Å². The lowest BCUT2D eigenvalue weighted by atomic mass is 10.00. The molecule has 5 heteroatoms. The van der Waals surface area contributed by atoms with E-state index >= 15 is 0 Å². The maximum Gasteiger partial charge on any atom is 0.157 e. The fourth-order valence-electron chi connectivity index (χ4n) is 2.97. The Kier molecular flexibility index (Phi) is 4.40. The molecule has 25 heavy (non-hydrogen) atoms. The first-order valence-electron chi connectivity index (χ1n) is 7.97. The number of aliphatic hydroxyl groups is 1. The molecule has 0 spiro atoms. The van der Waals surface area contributed by atoms with Crippen LogP contribution in [0.1, 0.15) is 28.5 Å². The predicted octanol–water partition coefficient (Wildman–Crippen LogP) is 4.64. The standard InChI is InChI=1S/C20H16ClNO3/c21-14-8-6-13(7-9-14)19-16-10-22-18(11-23)20(17(16)12-24-19)25-15-4-2-1-3-5-15/h1-10,19,23H,11-12H2. The van der Waals surface area contributed by atoms with E-state index in [4.69, 9.17) is 21.1 Å². The van der Waals surface area contributed by atoms with Gasteiger partial charge in [0.15, 0.2) is 5.75 Å². The Labute approximate surface area is 150 Å². The first kappa shape index (κ1) is 16.1. The highest BCUT2D eigenvalue weighted by Gasteiger charge is 2.30. The van der Waals surface area contributed by atoms with Gasteiger partial charge in [-0.25, -0.2) is 0 Å². The van der Waals surface area contributed by atoms with Crippen molar-refractivity contribution in [2.45, 2.75) is 19.3 Å². The van der Waals surface area contributed by atoms with E-state index in [-0.39, 0.29) is 12.7 Å². The minimum Gasteiger partial charge on any atom is -0.455 e. The number of para-hydroxylation sites is 1. The van der Waals surface area contributed by atoms with Crippen molar-refractivity contribution >= 4 is 11.6 Å². The van der Waals surface area contributed by atoms with Crippen LogP contribution in [0.4, 0.5) is 0 Å². The fraction of sp³-hybridized carbons (Fsp3) is 0.150. The third kappa shape index (κ3) is 3.12. The molecule has 4 rings (SSSR count). The molecule has 1 aromatic heterocycles. The zero-order valence-corrected chi connectivity index (χ0v) is 14.1. The number of ether oxygens (including phenoxy) is 2. The van der Waals surface area contributed by atoms with Crippen LogP contribution in [0.3, 0.4) is 0 Å². The molecule has 1 N–H and O–H groups in total. The van der Waals surface area contributed by atoms with Crippen LogP contribution in [-0.4, -0.2) is 10.1 Å². The van der Waals surface area contributed by atoms with Crippen LogP contribution in [0.15, 0.2) is 60.8 Å². The number of hydrogen-bond donors (Lipinski definition) is 1. The van der Waals surface area contributed by atoms with Crippen LogP contribution in [0.25, 0.3) is 0 Å². The van der Waals surface area contributed by atoms with Crippen molar-refractivity contribution in [2.24, 2.45) is 0 Å². The molecule has 0 aliphatic carbocycles. The molecule has 1 atom stereocenters. The molecule has 0 radical (unpaired) electrons. The molecule has 0 saturated carbocycles. The molecule has 1 aliphatic rings. The van der Waals surface area contributed by atoms with E-state index < -0.39 is 0 Å². The van der Waals surface area contributed by atoms with Gasteiger partial charge >= 0.3 is 0 Å². The van der Waals surface area contributed by atoms with Crippen molar-refractivity contribution in [1.29, 1.82) is 0 Å². The molecule has 2 heterocycles. The van der Waals surface area contributed by atoms with Gasteiger partial charge < -0.3 is 14.6 Å². The number of aliphatic hydroxyl groups excluding tert-OH is 1. The Bertz CT molecular complexity index is 881. The zero-order chi connectivity index (χ0) is 17.2. The number of nitrogens with zero attached hydrogens (tertiary/aromatic N) is 1. The van der Waals surface area contributed by atoms with Crippen LogP contribution in [0.5, 0.6) is 11.5 Å². The SMILES string of the molecule is OCc1ncc2c(c1Oc1ccccc1)COC2c1ccc(Cl)cc1. The van der Waals surface area contributed by atoms with E-state index in [2.05, 4.69) is 4.98 Å². The third-order valence-electron chi connectivity index (χ3n) is 4.21. The van der Waals surface area contributed by atoms with E-state index in [0.29, 0.717) is 28.8 Å². The zero-order valence-electron chi connectivity index (χ0n) is 13.4. The van der Waals surface area contributed by atoms with Crippen LogP contribution < -0.4 is 4.74 Å². The molecule has 2 aromatic carbocycles. The molecule has 1 unspecified atom stereocenters. The van der Waals surface area contributed by atoms with E-state index in [9.17, 15) is 5.11 Å². The van der Waals surface area contributed by atoms with Crippen LogP contribution in [-0.2, 0) is 18.0 Å². The summed E-state index contributed by atoms with van der Waals surface area (Å²) in [4.78, 5) is 4.38. The lowest BCUT2D eigenvalue weighted by Gasteiger charge is -2.14. The second-order valence-electron chi connectivity index (χ2n) is 5.78. The van der Waals surface area contributed by atoms with Crippen molar-refractivity contribution in [1.82, 2.24) is 4.98 Å². The number of fused-ring (bicyclic) bond motifs is 1. The maximum absolute atomic E-state index is 9.64. The molecule has 1 aliphatic heterocycles. The lowest BCUT2D eigenvalue weighted by Crippen LogP contribution is -2.02. The van der Waals surface area contributed by atoms with Gasteiger partial charge in [0.05, 0.1) is 13.2 Å². The van der Waals surface area contributed by atoms with E-state index in [1.54, 1.807) is 6.20 Å². The van der Waals surface area contributed by atoms with Crippen molar-refractivity contribution in [3.05, 3.63) is 88.2 Å². The average molecular weight is 354 g/mol. The molecule has 3 aromatic rings. The molecule has 4 nitrogen and oxygen atoms in total. The number of pyridine rings is 1. The Hall–Kier alpha value is -2.40. The highest BCUT2D eigenvalue weighted by Crippen LogP contribution is 2.42. The quantitative estimate of drug-likeness (QED) is 0.742. The van der Waals surface area contributed by atoms with Crippen molar-refractivity contribution in [3.63, 3.8) is 0 Å². The molecular formula is C20H16ClNO3. The summed E-state index contributed by atoms with van der Waals surface area (Å²) in [5.41, 5.74) is 3.38. The summed E-state index contributed by atoms with van der Waals surface area (Å²) in [6, 6.07) is 17.0. The second-order valence-corrected chi connectivity index (χ2v) is 6.22. The number of halogens is 1. The Balaban J connectivity index is 1.75. The monoisotopic (exact) mass is 353 g/mol. The average Bonchev–Trinajstić information content (AvgIpc) is 3.08. The number of hydrogen-bond acceptors (Lipinski definition) is 4. The molecule has 0 saturated heterocycles. The Morgan fingerprint density at radius 3 is 2.60 bits per heavy atom. The van der Waals surface area contributed by atoms with Gasteiger partial charge in [-0.3, -0.25) is 4.98 Å². The second kappa shape index (κ2) is 6.84. The topological polar surface area (TPSA) is 51.6 Å². The van der Waals surface area contributed by atoms with Gasteiger partial charge in [0.2, 0.25) is 0 Å². The molecule has 126 valence electrons. The highest BCUT2D eigenvalue weighted by molar-refractivity contribution is 6.30. The summed E-state index contributed by atoms with van der Waals surface area (Å²) < 4.78 is 12.0. The smallest absolute Gasteiger partial charge is 0.157 e. The van der Waals surface area contributed by atoms with Gasteiger partial charge in [0.25, 0.3) is 0 Å². The van der Waals surface area contributed by atoms with Crippen molar-refractivity contribution < 1.29 is 14.6 Å². The first-order chi connectivity index (χ1) is 12.3. The van der Waals surface area contributed by atoms with Gasteiger partial charge in [0.1, 0.15) is 17.5 Å². The predicted molar refractivity (Wildman–Crippen MR) is 94.8 cm³/mol. The number of benzene rings is 2. The highest BCUT2D eigenvalue weighted by atomic mass is 35.5. The van der Waals surface area contributed by atoms with Crippen molar-refractivity contribution in [3.8, 4) is 11.5 Å². The third-order valence-corrected chi connectivity index (χ3v) is 4.46. The Morgan fingerprint density at radius 1 is 1.12 bits per heavy atom. The van der Waals surface area contributed by atoms with Crippen LogP contribution >= 0.6 is 11.6 Å². The van der Waals surface area contributed by atoms with Gasteiger partial charge in [-0.05, 0) is 29.8 Å². The minimum atomic E-state index is -0.217. The minimum absolute atomic E-state index is 0.193. The van der Waals surface area contributed by atoms with Gasteiger partial charge in [0, 0.05) is 22.3 Å². The Morgan fingerprint density at radius 2 is 1.88 bits per heavy atom. The van der Waals surface area contributed by atoms with Gasteiger partial charge in [-0.15, -0.1) is 0 Å². The lowest BCUT2D eigenvalue weighted by molar-refractivity contribution is 0.0933. The van der Waals surface area contributed by atoms with Crippen LogP contribution in [0.2, 0.25) is 5.02 Å². The normalized spacial score (nSPS) is 15.8. The maximum atomic E-state index is 9.64. The van der Waals surface area contributed by atoms with Gasteiger partial charge in [-0.1, -0.05) is 41.9 Å². The van der Waals surface area contributed by atoms with E-state index in [1.165, 1.54) is 0 Å². The summed E-state index contributed by atoms with van der Waals surface area (Å²) in [6.07, 6.45) is 1.54. The number of rotatable bonds is 4. The van der Waals surface area contributed by atoms with E-state index in [1.807, 2.05) is 54.6 Å². The summed E-state index contributed by atoms with van der Waals surface area (Å²) in [5, 5.41) is 10.3. The molecular weight excluding hydrogens is 338 g/mol. The van der Waals surface area contributed by atoms with Gasteiger partial charge in [-0.2, -0.15) is 0 Å². The first-order valence-corrected chi connectivity index (χ1v) is 8.35. The molecule has 0 fully saturated rings.